The number of nitrogens with one attached hydrogen (secondary N) is 1. The van der Waals surface area contributed by atoms with E-state index in [2.05, 4.69) is 38.5 Å². The Hall–Kier alpha value is -1.62. The molecule has 2 rings (SSSR count). The first kappa shape index (κ1) is 18.7. The van der Waals surface area contributed by atoms with E-state index in [4.69, 9.17) is 4.98 Å². The first-order chi connectivity index (χ1) is 11.5. The van der Waals surface area contributed by atoms with E-state index >= 15 is 0 Å². The van der Waals surface area contributed by atoms with Crippen LogP contribution in [-0.2, 0) is 17.8 Å². The van der Waals surface area contributed by atoms with Gasteiger partial charge >= 0.3 is 0 Å². The third kappa shape index (κ3) is 5.20. The van der Waals surface area contributed by atoms with Crippen LogP contribution in [-0.4, -0.2) is 22.0 Å². The summed E-state index contributed by atoms with van der Waals surface area (Å²) < 4.78 is 3.18. The molecule has 0 bridgehead atoms. The predicted molar refractivity (Wildman–Crippen MR) is 103 cm³/mol. The average Bonchev–Trinajstić information content (AvgIpc) is 2.87. The number of benzene rings is 1. The molecule has 0 radical (unpaired) electrons. The fraction of sp³-hybridized carbons (Fsp3) is 0.474. The highest BCUT2D eigenvalue weighted by molar-refractivity contribution is 9.11. The molecule has 130 valence electrons. The summed E-state index contributed by atoms with van der Waals surface area (Å²) in [7, 11) is 0. The van der Waals surface area contributed by atoms with Crippen LogP contribution in [0.5, 0.6) is 0 Å². The number of rotatable bonds is 9. The van der Waals surface area contributed by atoms with Gasteiger partial charge in [0, 0.05) is 23.4 Å². The number of nitrogens with zero attached hydrogens (tertiary/aromatic N) is 2. The van der Waals surface area contributed by atoms with Crippen LogP contribution in [0.2, 0.25) is 0 Å². The summed E-state index contributed by atoms with van der Waals surface area (Å²) >= 11 is 3.46. The number of carbonyl (C=O) groups excluding carboxylic acids is 1. The second-order valence-corrected chi connectivity index (χ2v) is 7.50. The van der Waals surface area contributed by atoms with Gasteiger partial charge in [-0.2, -0.15) is 0 Å². The monoisotopic (exact) mass is 391 g/mol. The number of imidazole rings is 1. The maximum atomic E-state index is 11.5. The van der Waals surface area contributed by atoms with E-state index in [0.717, 1.165) is 60.1 Å². The maximum absolute atomic E-state index is 11.5. The van der Waals surface area contributed by atoms with Gasteiger partial charge in [-0.05, 0) is 25.0 Å². The highest BCUT2D eigenvalue weighted by Gasteiger charge is 2.10. The molecule has 1 heterocycles. The van der Waals surface area contributed by atoms with E-state index in [9.17, 15) is 4.79 Å². The number of halogens is 1. The van der Waals surface area contributed by atoms with E-state index in [-0.39, 0.29) is 11.8 Å². The predicted octanol–water partition coefficient (Wildman–Crippen LogP) is 4.43. The van der Waals surface area contributed by atoms with Crippen molar-refractivity contribution >= 4 is 32.9 Å². The molecule has 1 aromatic carbocycles. The fourth-order valence-electron chi connectivity index (χ4n) is 2.66. The molecule has 0 saturated carbocycles. The summed E-state index contributed by atoms with van der Waals surface area (Å²) in [5, 5.41) is 2.96. The molecule has 0 spiro atoms. The molecule has 0 aliphatic heterocycles. The van der Waals surface area contributed by atoms with Gasteiger partial charge in [-0.15, -0.1) is 0 Å². The quantitative estimate of drug-likeness (QED) is 0.642. The van der Waals surface area contributed by atoms with E-state index in [1.54, 1.807) is 0 Å². The number of fused-ring (bicyclic) bond motifs is 1. The van der Waals surface area contributed by atoms with Gasteiger partial charge < -0.3 is 9.88 Å². The molecular formula is C19H26BrN3O. The molecule has 4 nitrogen and oxygen atoms in total. The Morgan fingerprint density at radius 3 is 2.75 bits per heavy atom. The molecule has 1 aromatic heterocycles. The molecule has 0 aliphatic carbocycles. The van der Waals surface area contributed by atoms with Crippen LogP contribution in [0.25, 0.3) is 11.0 Å². The maximum Gasteiger partial charge on any atom is 0.222 e. The van der Waals surface area contributed by atoms with Crippen molar-refractivity contribution in [3.63, 3.8) is 0 Å². The summed E-state index contributed by atoms with van der Waals surface area (Å²) in [6.45, 7) is 9.28. The summed E-state index contributed by atoms with van der Waals surface area (Å²) in [5.41, 5.74) is 2.18. The minimum atomic E-state index is 0.0576. The van der Waals surface area contributed by atoms with Gasteiger partial charge in [-0.25, -0.2) is 4.98 Å². The summed E-state index contributed by atoms with van der Waals surface area (Å²) in [6.07, 6.45) is 4.09. The molecule has 1 N–H and O–H groups in total. The van der Waals surface area contributed by atoms with Crippen LogP contribution < -0.4 is 5.32 Å². The third-order valence-electron chi connectivity index (χ3n) is 3.96. The topological polar surface area (TPSA) is 46.9 Å². The largest absolute Gasteiger partial charge is 0.356 e. The zero-order valence-corrected chi connectivity index (χ0v) is 16.1. The minimum absolute atomic E-state index is 0.0576. The number of aromatic nitrogens is 2. The standard InChI is InChI=1S/C19H26BrN3O/c1-14(2)19(24)21-12-8-4-5-11-18-22-16-9-6-7-10-17(16)23(18)13-15(3)20/h6-7,9-10,14H,3-5,8,11-13H2,1-2H3,(H,21,24). The Kier molecular flexibility index (Phi) is 7.03. The van der Waals surface area contributed by atoms with Gasteiger partial charge in [0.15, 0.2) is 0 Å². The van der Waals surface area contributed by atoms with Gasteiger partial charge in [0.2, 0.25) is 5.91 Å². The smallest absolute Gasteiger partial charge is 0.222 e. The summed E-state index contributed by atoms with van der Waals surface area (Å²) in [6, 6.07) is 8.21. The van der Waals surface area contributed by atoms with Crippen LogP contribution in [0.1, 0.15) is 38.9 Å². The van der Waals surface area contributed by atoms with Crippen molar-refractivity contribution in [2.75, 3.05) is 6.54 Å². The van der Waals surface area contributed by atoms with E-state index < -0.39 is 0 Å². The van der Waals surface area contributed by atoms with Crippen LogP contribution in [0.3, 0.4) is 0 Å². The van der Waals surface area contributed by atoms with Crippen molar-refractivity contribution in [2.45, 2.75) is 46.1 Å². The second-order valence-electron chi connectivity index (χ2n) is 6.38. The first-order valence-electron chi connectivity index (χ1n) is 8.54. The van der Waals surface area contributed by atoms with Crippen LogP contribution in [0.4, 0.5) is 0 Å². The Labute approximate surface area is 152 Å². The van der Waals surface area contributed by atoms with Crippen molar-refractivity contribution in [3.8, 4) is 0 Å². The SMILES string of the molecule is C=C(Br)Cn1c(CCCCCNC(=O)C(C)C)nc2ccccc21. The van der Waals surface area contributed by atoms with Crippen molar-refractivity contribution in [3.05, 3.63) is 41.2 Å². The Morgan fingerprint density at radius 2 is 2.04 bits per heavy atom. The molecule has 1 amide bonds. The van der Waals surface area contributed by atoms with Crippen molar-refractivity contribution < 1.29 is 4.79 Å². The lowest BCUT2D eigenvalue weighted by Crippen LogP contribution is -2.28. The normalized spacial score (nSPS) is 11.2. The van der Waals surface area contributed by atoms with Crippen LogP contribution in [0.15, 0.2) is 35.3 Å². The van der Waals surface area contributed by atoms with Gasteiger partial charge in [0.25, 0.3) is 0 Å². The van der Waals surface area contributed by atoms with E-state index in [0.29, 0.717) is 0 Å². The zero-order chi connectivity index (χ0) is 17.5. The number of aryl methyl sites for hydroxylation is 1. The van der Waals surface area contributed by atoms with Crippen molar-refractivity contribution in [1.29, 1.82) is 0 Å². The zero-order valence-electron chi connectivity index (χ0n) is 14.5. The number of allylic oxidation sites excluding steroid dienone is 1. The first-order valence-corrected chi connectivity index (χ1v) is 9.33. The lowest BCUT2D eigenvalue weighted by atomic mass is 10.1. The second kappa shape index (κ2) is 9.02. The van der Waals surface area contributed by atoms with Gasteiger partial charge in [0.1, 0.15) is 5.82 Å². The van der Waals surface area contributed by atoms with Gasteiger partial charge in [-0.3, -0.25) is 4.79 Å². The highest BCUT2D eigenvalue weighted by Crippen LogP contribution is 2.20. The molecule has 0 atom stereocenters. The molecular weight excluding hydrogens is 366 g/mol. The van der Waals surface area contributed by atoms with Crippen LogP contribution >= 0.6 is 15.9 Å². The number of para-hydroxylation sites is 2. The molecule has 0 fully saturated rings. The van der Waals surface area contributed by atoms with Gasteiger partial charge in [0.05, 0.1) is 17.6 Å². The number of hydrogen-bond donors (Lipinski definition) is 1. The fourth-order valence-corrected chi connectivity index (χ4v) is 2.92. The van der Waals surface area contributed by atoms with Crippen LogP contribution in [0, 0.1) is 5.92 Å². The number of amides is 1. The molecule has 0 aliphatic rings. The number of carbonyl (C=O) groups is 1. The summed E-state index contributed by atoms with van der Waals surface area (Å²) in [4.78, 5) is 16.3. The number of hydrogen-bond acceptors (Lipinski definition) is 2. The van der Waals surface area contributed by atoms with E-state index in [1.807, 2.05) is 32.0 Å². The molecule has 5 heteroatoms. The Bertz CT molecular complexity index is 706. The minimum Gasteiger partial charge on any atom is -0.356 e. The highest BCUT2D eigenvalue weighted by atomic mass is 79.9. The summed E-state index contributed by atoms with van der Waals surface area (Å²) in [5.74, 6) is 1.29. The molecule has 0 unspecified atom stereocenters. The van der Waals surface area contributed by atoms with Crippen molar-refractivity contribution in [1.82, 2.24) is 14.9 Å². The van der Waals surface area contributed by atoms with Gasteiger partial charge in [-0.1, -0.05) is 54.9 Å². The lowest BCUT2D eigenvalue weighted by Gasteiger charge is -2.09. The Morgan fingerprint density at radius 1 is 1.29 bits per heavy atom. The Balaban J connectivity index is 1.88. The molecule has 0 saturated heterocycles. The molecule has 24 heavy (non-hydrogen) atoms. The lowest BCUT2D eigenvalue weighted by molar-refractivity contribution is -0.123. The van der Waals surface area contributed by atoms with Crippen molar-refractivity contribution in [2.24, 2.45) is 5.92 Å². The average molecular weight is 392 g/mol. The number of unbranched alkanes of at least 4 members (excludes halogenated alkanes) is 2. The molecule has 2 aromatic rings. The van der Waals surface area contributed by atoms with E-state index in [1.165, 1.54) is 0 Å². The third-order valence-corrected chi connectivity index (χ3v) is 4.21.